The fourth-order valence-corrected chi connectivity index (χ4v) is 2.78. The molecule has 0 aromatic heterocycles. The molecule has 4 nitrogen and oxygen atoms in total. The highest BCUT2D eigenvalue weighted by Crippen LogP contribution is 2.29. The van der Waals surface area contributed by atoms with E-state index < -0.39 is 11.7 Å². The van der Waals surface area contributed by atoms with Crippen LogP contribution in [0.2, 0.25) is 5.02 Å². The fourth-order valence-electron chi connectivity index (χ4n) is 2.56. The third-order valence-electron chi connectivity index (χ3n) is 3.46. The Balaban J connectivity index is 1.87. The molecule has 1 aliphatic rings. The van der Waals surface area contributed by atoms with Gasteiger partial charge in [0, 0.05) is 12.1 Å². The summed E-state index contributed by atoms with van der Waals surface area (Å²) in [6.07, 6.45) is 1.96. The molecule has 0 aliphatic heterocycles. The molecule has 122 valence electrons. The van der Waals surface area contributed by atoms with Gasteiger partial charge in [-0.2, -0.15) is 0 Å². The van der Waals surface area contributed by atoms with E-state index in [4.69, 9.17) is 16.3 Å². The molecule has 1 aromatic rings. The Morgan fingerprint density at radius 2 is 2.00 bits per heavy atom. The van der Waals surface area contributed by atoms with E-state index in [2.05, 4.69) is 10.6 Å². The van der Waals surface area contributed by atoms with Crippen LogP contribution in [0.1, 0.15) is 40.0 Å². The van der Waals surface area contributed by atoms with E-state index in [0.29, 0.717) is 17.1 Å². The maximum Gasteiger partial charge on any atom is 0.407 e. The van der Waals surface area contributed by atoms with Crippen LogP contribution < -0.4 is 10.6 Å². The van der Waals surface area contributed by atoms with Gasteiger partial charge in [0.05, 0.1) is 10.7 Å². The molecule has 6 heteroatoms. The Kier molecular flexibility index (Phi) is 5.16. The quantitative estimate of drug-likeness (QED) is 0.868. The van der Waals surface area contributed by atoms with E-state index >= 15 is 0 Å². The monoisotopic (exact) mass is 328 g/mol. The molecule has 0 saturated heterocycles. The lowest BCUT2D eigenvalue weighted by molar-refractivity contribution is 0.0505. The molecule has 1 amide bonds. The van der Waals surface area contributed by atoms with E-state index in [1.165, 1.54) is 6.07 Å². The standard InChI is InChI=1S/C16H22ClFN2O2/c1-16(2,3)22-15(21)20-11-8-7-10(9-11)19-14-12(17)5-4-6-13(14)18/h4-6,10-11,19H,7-9H2,1-3H3,(H,20,21). The minimum atomic E-state index is -0.513. The van der Waals surface area contributed by atoms with Crippen molar-refractivity contribution in [3.63, 3.8) is 0 Å². The Labute approximate surface area is 135 Å². The van der Waals surface area contributed by atoms with Gasteiger partial charge in [-0.15, -0.1) is 0 Å². The molecule has 1 fully saturated rings. The molecule has 2 atom stereocenters. The molecule has 1 aliphatic carbocycles. The van der Waals surface area contributed by atoms with Crippen LogP contribution in [-0.4, -0.2) is 23.8 Å². The summed E-state index contributed by atoms with van der Waals surface area (Å²) in [5.41, 5.74) is -0.187. The van der Waals surface area contributed by atoms with Crippen LogP contribution in [0.15, 0.2) is 18.2 Å². The smallest absolute Gasteiger partial charge is 0.407 e. The average Bonchev–Trinajstić information content (AvgIpc) is 2.79. The van der Waals surface area contributed by atoms with Gasteiger partial charge in [0.25, 0.3) is 0 Å². The molecule has 22 heavy (non-hydrogen) atoms. The zero-order valence-corrected chi connectivity index (χ0v) is 13.8. The zero-order valence-electron chi connectivity index (χ0n) is 13.1. The first kappa shape index (κ1) is 16.9. The highest BCUT2D eigenvalue weighted by molar-refractivity contribution is 6.33. The van der Waals surface area contributed by atoms with Crippen LogP contribution in [0.4, 0.5) is 14.9 Å². The van der Waals surface area contributed by atoms with Gasteiger partial charge in [0.1, 0.15) is 11.4 Å². The summed E-state index contributed by atoms with van der Waals surface area (Å²) in [6, 6.07) is 4.70. The van der Waals surface area contributed by atoms with E-state index in [9.17, 15) is 9.18 Å². The molecule has 1 aromatic carbocycles. The molecular formula is C16H22ClFN2O2. The van der Waals surface area contributed by atoms with Crippen LogP contribution >= 0.6 is 11.6 Å². The summed E-state index contributed by atoms with van der Waals surface area (Å²) in [4.78, 5) is 11.8. The molecule has 2 rings (SSSR count). The minimum Gasteiger partial charge on any atom is -0.444 e. The van der Waals surface area contributed by atoms with Crippen molar-refractivity contribution in [2.24, 2.45) is 0 Å². The highest BCUT2D eigenvalue weighted by atomic mass is 35.5. The third kappa shape index (κ3) is 4.77. The predicted octanol–water partition coefficient (Wildman–Crippen LogP) is 4.34. The molecule has 2 N–H and O–H groups in total. The second-order valence-corrected chi connectivity index (χ2v) is 7.00. The number of nitrogens with one attached hydrogen (secondary N) is 2. The van der Waals surface area contributed by atoms with Crippen molar-refractivity contribution in [1.82, 2.24) is 5.32 Å². The van der Waals surface area contributed by atoms with Crippen molar-refractivity contribution in [3.8, 4) is 0 Å². The minimum absolute atomic E-state index is 0.0258. The number of hydrogen-bond acceptors (Lipinski definition) is 3. The average molecular weight is 329 g/mol. The summed E-state index contributed by atoms with van der Waals surface area (Å²) >= 11 is 6.01. The Morgan fingerprint density at radius 1 is 1.32 bits per heavy atom. The summed E-state index contributed by atoms with van der Waals surface area (Å²) < 4.78 is 19.0. The van der Waals surface area contributed by atoms with Crippen LogP contribution in [0.3, 0.4) is 0 Å². The van der Waals surface area contributed by atoms with Gasteiger partial charge in [0.15, 0.2) is 0 Å². The lowest BCUT2D eigenvalue weighted by atomic mass is 10.2. The van der Waals surface area contributed by atoms with Crippen molar-refractivity contribution < 1.29 is 13.9 Å². The molecule has 0 bridgehead atoms. The summed E-state index contributed by atoms with van der Waals surface area (Å²) in [5.74, 6) is -0.365. The first-order chi connectivity index (χ1) is 10.2. The number of carbonyl (C=O) groups excluding carboxylic acids is 1. The summed E-state index contributed by atoms with van der Waals surface area (Å²) in [7, 11) is 0. The van der Waals surface area contributed by atoms with Crippen LogP contribution in [0, 0.1) is 5.82 Å². The number of benzene rings is 1. The topological polar surface area (TPSA) is 50.4 Å². The second kappa shape index (κ2) is 6.73. The first-order valence-corrected chi connectivity index (χ1v) is 7.82. The molecule has 0 spiro atoms. The maximum absolute atomic E-state index is 13.8. The van der Waals surface area contributed by atoms with Crippen LogP contribution in [0.25, 0.3) is 0 Å². The van der Waals surface area contributed by atoms with E-state index in [1.807, 2.05) is 20.8 Å². The predicted molar refractivity (Wildman–Crippen MR) is 85.8 cm³/mol. The number of alkyl carbamates (subject to hydrolysis) is 1. The summed E-state index contributed by atoms with van der Waals surface area (Å²) in [5, 5.41) is 6.35. The largest absolute Gasteiger partial charge is 0.444 e. The van der Waals surface area contributed by atoms with Gasteiger partial charge in [-0.1, -0.05) is 17.7 Å². The van der Waals surface area contributed by atoms with Crippen LogP contribution in [0.5, 0.6) is 0 Å². The Bertz CT molecular complexity index is 525. The highest BCUT2D eigenvalue weighted by Gasteiger charge is 2.28. The van der Waals surface area contributed by atoms with Crippen molar-refractivity contribution in [2.45, 2.75) is 57.7 Å². The van der Waals surface area contributed by atoms with Crippen molar-refractivity contribution in [2.75, 3.05) is 5.32 Å². The van der Waals surface area contributed by atoms with Gasteiger partial charge in [0.2, 0.25) is 0 Å². The summed E-state index contributed by atoms with van der Waals surface area (Å²) in [6.45, 7) is 5.48. The van der Waals surface area contributed by atoms with Crippen molar-refractivity contribution in [1.29, 1.82) is 0 Å². The fraction of sp³-hybridized carbons (Fsp3) is 0.562. The second-order valence-electron chi connectivity index (χ2n) is 6.59. The SMILES string of the molecule is CC(C)(C)OC(=O)NC1CCC(Nc2c(F)cccc2Cl)C1. The number of para-hydroxylation sites is 1. The van der Waals surface area contributed by atoms with E-state index in [0.717, 1.165) is 12.8 Å². The van der Waals surface area contributed by atoms with Gasteiger partial charge in [-0.3, -0.25) is 0 Å². The number of hydrogen-bond donors (Lipinski definition) is 2. The lowest BCUT2D eigenvalue weighted by Crippen LogP contribution is -2.38. The van der Waals surface area contributed by atoms with Gasteiger partial charge >= 0.3 is 6.09 Å². The number of anilines is 1. The molecule has 0 heterocycles. The van der Waals surface area contributed by atoms with Gasteiger partial charge in [-0.05, 0) is 52.2 Å². The number of halogens is 2. The lowest BCUT2D eigenvalue weighted by Gasteiger charge is -2.22. The molecule has 1 saturated carbocycles. The number of amides is 1. The Hall–Kier alpha value is -1.49. The van der Waals surface area contributed by atoms with Crippen LogP contribution in [-0.2, 0) is 4.74 Å². The number of carbonyl (C=O) groups is 1. The van der Waals surface area contributed by atoms with E-state index in [-0.39, 0.29) is 17.9 Å². The zero-order chi connectivity index (χ0) is 16.3. The normalized spacial score (nSPS) is 21.5. The third-order valence-corrected chi connectivity index (χ3v) is 3.78. The van der Waals surface area contributed by atoms with Crippen molar-refractivity contribution in [3.05, 3.63) is 29.0 Å². The number of ether oxygens (including phenoxy) is 1. The molecular weight excluding hydrogens is 307 g/mol. The van der Waals surface area contributed by atoms with E-state index in [1.54, 1.807) is 12.1 Å². The van der Waals surface area contributed by atoms with Gasteiger partial charge < -0.3 is 15.4 Å². The van der Waals surface area contributed by atoms with Gasteiger partial charge in [-0.25, -0.2) is 9.18 Å². The molecule has 2 unspecified atom stereocenters. The van der Waals surface area contributed by atoms with Crippen molar-refractivity contribution >= 4 is 23.4 Å². The first-order valence-electron chi connectivity index (χ1n) is 7.44. The maximum atomic E-state index is 13.8. The Morgan fingerprint density at radius 3 is 2.64 bits per heavy atom. The number of rotatable bonds is 3. The molecule has 0 radical (unpaired) electrons.